The molecule has 1 aliphatic heterocycles. The molecule has 10 nitrogen and oxygen atoms in total. The Morgan fingerprint density at radius 2 is 2.03 bits per heavy atom. The van der Waals surface area contributed by atoms with Crippen LogP contribution < -0.4 is 5.32 Å². The molecule has 0 aliphatic carbocycles. The van der Waals surface area contributed by atoms with Gasteiger partial charge in [-0.1, -0.05) is 11.6 Å². The number of benzene rings is 1. The van der Waals surface area contributed by atoms with E-state index in [1.54, 1.807) is 30.6 Å². The highest BCUT2D eigenvalue weighted by molar-refractivity contribution is 6.32. The normalized spacial score (nSPS) is 14.5. The Morgan fingerprint density at radius 3 is 2.88 bits per heavy atom. The van der Waals surface area contributed by atoms with Crippen molar-refractivity contribution in [3.8, 4) is 0 Å². The Morgan fingerprint density at radius 1 is 1.18 bits per heavy atom. The standard InChI is InChI=1S/C23H22ClN5O5/c24-16-10-15-11-17(13-26-22(30)19-14-27-29-3-1-2-25-21(19)29)34-20(15)18(12-16)23(31)33-9-6-28-4-7-32-8-5-28/h1-3,10-12,14H,4-9,13H2,(H,26,30). The van der Waals surface area contributed by atoms with Crippen LogP contribution in [0.25, 0.3) is 16.6 Å². The van der Waals surface area contributed by atoms with Gasteiger partial charge in [-0.05, 0) is 24.3 Å². The summed E-state index contributed by atoms with van der Waals surface area (Å²) in [4.78, 5) is 31.7. The zero-order valence-electron chi connectivity index (χ0n) is 18.2. The lowest BCUT2D eigenvalue weighted by Gasteiger charge is -2.26. The molecule has 0 unspecified atom stereocenters. The summed E-state index contributed by atoms with van der Waals surface area (Å²) in [7, 11) is 0. The molecule has 4 aromatic rings. The maximum Gasteiger partial charge on any atom is 0.342 e. The smallest absolute Gasteiger partial charge is 0.342 e. The van der Waals surface area contributed by atoms with Crippen LogP contribution in [0.5, 0.6) is 0 Å². The molecule has 11 heteroatoms. The molecule has 5 rings (SSSR count). The Bertz CT molecular complexity index is 1340. The van der Waals surface area contributed by atoms with E-state index in [0.29, 0.717) is 52.7 Å². The van der Waals surface area contributed by atoms with Crippen molar-refractivity contribution >= 4 is 40.1 Å². The van der Waals surface area contributed by atoms with E-state index in [1.807, 2.05) is 0 Å². The van der Waals surface area contributed by atoms with E-state index in [-0.39, 0.29) is 24.6 Å². The highest BCUT2D eigenvalue weighted by Gasteiger charge is 2.19. The third-order valence-corrected chi connectivity index (χ3v) is 5.76. The van der Waals surface area contributed by atoms with E-state index in [4.69, 9.17) is 25.5 Å². The van der Waals surface area contributed by atoms with Gasteiger partial charge in [-0.25, -0.2) is 14.3 Å². The molecule has 4 heterocycles. The SMILES string of the molecule is O=C(OCCN1CCOCC1)c1cc(Cl)cc2cc(CNC(=O)c3cnn4cccnc34)oc12. The number of fused-ring (bicyclic) bond motifs is 2. The number of halogens is 1. The molecule has 1 N–H and O–H groups in total. The second-order valence-electron chi connectivity index (χ2n) is 7.80. The van der Waals surface area contributed by atoms with E-state index >= 15 is 0 Å². The van der Waals surface area contributed by atoms with E-state index in [9.17, 15) is 9.59 Å². The zero-order chi connectivity index (χ0) is 23.5. The molecule has 3 aromatic heterocycles. The van der Waals surface area contributed by atoms with Crippen molar-refractivity contribution in [3.05, 3.63) is 64.8 Å². The molecule has 0 radical (unpaired) electrons. The highest BCUT2D eigenvalue weighted by Crippen LogP contribution is 2.28. The van der Waals surface area contributed by atoms with E-state index in [2.05, 4.69) is 20.3 Å². The average molecular weight is 484 g/mol. The number of ether oxygens (including phenoxy) is 2. The molecule has 0 spiro atoms. The van der Waals surface area contributed by atoms with Gasteiger partial charge in [0.1, 0.15) is 29.1 Å². The van der Waals surface area contributed by atoms with Gasteiger partial charge in [0.05, 0.1) is 26.0 Å². The number of morpholine rings is 1. The maximum atomic E-state index is 12.7. The Hall–Kier alpha value is -3.47. The summed E-state index contributed by atoms with van der Waals surface area (Å²) in [5.41, 5.74) is 1.42. The monoisotopic (exact) mass is 483 g/mol. The molecule has 1 fully saturated rings. The molecule has 1 aliphatic rings. The fourth-order valence-corrected chi connectivity index (χ4v) is 4.06. The van der Waals surface area contributed by atoms with Crippen LogP contribution in [0.3, 0.4) is 0 Å². The first-order valence-electron chi connectivity index (χ1n) is 10.8. The number of hydrogen-bond acceptors (Lipinski definition) is 8. The Balaban J connectivity index is 1.26. The van der Waals surface area contributed by atoms with E-state index < -0.39 is 5.97 Å². The van der Waals surface area contributed by atoms with Gasteiger partial charge in [-0.3, -0.25) is 9.69 Å². The second-order valence-corrected chi connectivity index (χ2v) is 8.24. The van der Waals surface area contributed by atoms with Crippen LogP contribution in [0.15, 0.2) is 47.3 Å². The molecule has 1 saturated heterocycles. The summed E-state index contributed by atoms with van der Waals surface area (Å²) in [5.74, 6) is -0.379. The number of nitrogens with one attached hydrogen (secondary N) is 1. The van der Waals surface area contributed by atoms with Crippen LogP contribution in [-0.4, -0.2) is 70.8 Å². The number of rotatable bonds is 7. The maximum absolute atomic E-state index is 12.7. The molecule has 0 atom stereocenters. The number of aromatic nitrogens is 3. The van der Waals surface area contributed by atoms with Crippen molar-refractivity contribution in [2.45, 2.75) is 6.54 Å². The summed E-state index contributed by atoms with van der Waals surface area (Å²) >= 11 is 6.23. The number of carbonyl (C=O) groups excluding carboxylic acids is 2. The molecule has 34 heavy (non-hydrogen) atoms. The van der Waals surface area contributed by atoms with Gasteiger partial charge in [0.25, 0.3) is 5.91 Å². The molecule has 0 saturated carbocycles. The van der Waals surface area contributed by atoms with Crippen molar-refractivity contribution in [1.29, 1.82) is 0 Å². The third-order valence-electron chi connectivity index (χ3n) is 5.54. The summed E-state index contributed by atoms with van der Waals surface area (Å²) in [6.07, 6.45) is 4.77. The lowest BCUT2D eigenvalue weighted by molar-refractivity contribution is 0.0196. The number of esters is 1. The number of carbonyl (C=O) groups is 2. The molecular weight excluding hydrogens is 462 g/mol. The van der Waals surface area contributed by atoms with Gasteiger partial charge in [0, 0.05) is 42.4 Å². The minimum absolute atomic E-state index is 0.112. The lowest BCUT2D eigenvalue weighted by atomic mass is 10.1. The third kappa shape index (κ3) is 4.74. The van der Waals surface area contributed by atoms with Crippen molar-refractivity contribution in [1.82, 2.24) is 24.8 Å². The summed E-state index contributed by atoms with van der Waals surface area (Å²) in [6.45, 7) is 4.00. The largest absolute Gasteiger partial charge is 0.461 e. The summed E-state index contributed by atoms with van der Waals surface area (Å²) in [6, 6.07) is 6.69. The minimum atomic E-state index is -0.511. The van der Waals surface area contributed by atoms with Crippen LogP contribution >= 0.6 is 11.6 Å². The molecule has 1 aromatic carbocycles. The molecule has 176 valence electrons. The number of hydrogen-bond donors (Lipinski definition) is 1. The fraction of sp³-hybridized carbons (Fsp3) is 0.304. The second kappa shape index (κ2) is 9.80. The van der Waals surface area contributed by atoms with Crippen molar-refractivity contribution < 1.29 is 23.5 Å². The van der Waals surface area contributed by atoms with Crippen molar-refractivity contribution in [3.63, 3.8) is 0 Å². The van der Waals surface area contributed by atoms with Crippen LogP contribution in [0.4, 0.5) is 0 Å². The summed E-state index contributed by atoms with van der Waals surface area (Å²) < 4.78 is 18.2. The Labute approximate surface area is 199 Å². The van der Waals surface area contributed by atoms with Crippen LogP contribution in [0.2, 0.25) is 5.02 Å². The fourth-order valence-electron chi connectivity index (χ4n) is 3.83. The lowest BCUT2D eigenvalue weighted by Crippen LogP contribution is -2.38. The van der Waals surface area contributed by atoms with Gasteiger partial charge in [0.15, 0.2) is 5.65 Å². The van der Waals surface area contributed by atoms with E-state index in [1.165, 1.54) is 16.8 Å². The Kier molecular flexibility index (Phi) is 6.43. The number of amides is 1. The minimum Gasteiger partial charge on any atom is -0.461 e. The van der Waals surface area contributed by atoms with Crippen molar-refractivity contribution in [2.24, 2.45) is 0 Å². The predicted molar refractivity (Wildman–Crippen MR) is 123 cm³/mol. The number of furan rings is 1. The molecule has 1 amide bonds. The quantitative estimate of drug-likeness (QED) is 0.399. The molecular formula is C23H22ClN5O5. The summed E-state index contributed by atoms with van der Waals surface area (Å²) in [5, 5.41) is 7.95. The van der Waals surface area contributed by atoms with Crippen LogP contribution in [0.1, 0.15) is 26.5 Å². The van der Waals surface area contributed by atoms with Gasteiger partial charge >= 0.3 is 5.97 Å². The zero-order valence-corrected chi connectivity index (χ0v) is 19.0. The first-order chi connectivity index (χ1) is 16.6. The van der Waals surface area contributed by atoms with Gasteiger partial charge in [-0.15, -0.1) is 0 Å². The van der Waals surface area contributed by atoms with Crippen LogP contribution in [-0.2, 0) is 16.0 Å². The van der Waals surface area contributed by atoms with Crippen LogP contribution in [0, 0.1) is 0 Å². The number of nitrogens with zero attached hydrogens (tertiary/aromatic N) is 4. The van der Waals surface area contributed by atoms with Gasteiger partial charge in [-0.2, -0.15) is 5.10 Å². The van der Waals surface area contributed by atoms with E-state index in [0.717, 1.165) is 13.1 Å². The van der Waals surface area contributed by atoms with Gasteiger partial charge < -0.3 is 19.2 Å². The highest BCUT2D eigenvalue weighted by atomic mass is 35.5. The molecule has 0 bridgehead atoms. The topological polar surface area (TPSA) is 111 Å². The van der Waals surface area contributed by atoms with Gasteiger partial charge in [0.2, 0.25) is 0 Å². The first kappa shape index (κ1) is 22.3. The average Bonchev–Trinajstić information content (AvgIpc) is 3.46. The van der Waals surface area contributed by atoms with Crippen molar-refractivity contribution in [2.75, 3.05) is 39.5 Å². The first-order valence-corrected chi connectivity index (χ1v) is 11.2. The predicted octanol–water partition coefficient (Wildman–Crippen LogP) is 2.55.